The van der Waals surface area contributed by atoms with Gasteiger partial charge in [0.05, 0.1) is 0 Å². The van der Waals surface area contributed by atoms with Crippen molar-refractivity contribution < 1.29 is 5.11 Å². The van der Waals surface area contributed by atoms with Crippen LogP contribution in [0.15, 0.2) is 24.3 Å². The van der Waals surface area contributed by atoms with Gasteiger partial charge in [-0.2, -0.15) is 0 Å². The van der Waals surface area contributed by atoms with Crippen LogP contribution in [0.5, 0.6) is 0 Å². The van der Waals surface area contributed by atoms with Gasteiger partial charge in [0.25, 0.3) is 0 Å². The molecule has 0 radical (unpaired) electrons. The molecule has 0 aliphatic rings. The highest BCUT2D eigenvalue weighted by Crippen LogP contribution is 2.19. The number of rotatable bonds is 4. The topological polar surface area (TPSA) is 20.2 Å². The van der Waals surface area contributed by atoms with Crippen molar-refractivity contribution in [3.63, 3.8) is 0 Å². The average Bonchev–Trinajstić information content (AvgIpc) is 2.14. The molecule has 14 heavy (non-hydrogen) atoms. The number of halogens is 1. The number of hydrogen-bond acceptors (Lipinski definition) is 1. The Kier molecular flexibility index (Phi) is 4.43. The van der Waals surface area contributed by atoms with Gasteiger partial charge in [-0.3, -0.25) is 0 Å². The molecule has 0 aliphatic carbocycles. The highest BCUT2D eigenvalue weighted by atomic mass is 35.5. The number of aliphatic hydroxyl groups is 1. The Morgan fingerprint density at radius 2 is 2.07 bits per heavy atom. The molecule has 0 aromatic heterocycles. The zero-order valence-electron chi connectivity index (χ0n) is 8.70. The fraction of sp³-hybridized carbons (Fsp3) is 0.500. The Bertz CT molecular complexity index is 283. The Morgan fingerprint density at radius 3 is 2.57 bits per heavy atom. The monoisotopic (exact) mass is 212 g/mol. The van der Waals surface area contributed by atoms with Gasteiger partial charge in [0.1, 0.15) is 0 Å². The highest BCUT2D eigenvalue weighted by Gasteiger charge is 2.12. The minimum Gasteiger partial charge on any atom is -0.396 e. The van der Waals surface area contributed by atoms with Crippen LogP contribution in [0, 0.1) is 11.8 Å². The van der Waals surface area contributed by atoms with Gasteiger partial charge in [-0.1, -0.05) is 37.6 Å². The maximum atomic E-state index is 9.19. The molecular weight excluding hydrogens is 196 g/mol. The van der Waals surface area contributed by atoms with E-state index < -0.39 is 0 Å². The predicted molar refractivity (Wildman–Crippen MR) is 60.6 cm³/mol. The van der Waals surface area contributed by atoms with Crippen LogP contribution in [0.4, 0.5) is 0 Å². The van der Waals surface area contributed by atoms with E-state index >= 15 is 0 Å². The first kappa shape index (κ1) is 11.5. The van der Waals surface area contributed by atoms with Gasteiger partial charge in [-0.05, 0) is 36.0 Å². The van der Waals surface area contributed by atoms with Gasteiger partial charge in [0, 0.05) is 11.6 Å². The molecule has 0 heterocycles. The summed E-state index contributed by atoms with van der Waals surface area (Å²) in [5.74, 6) is 0.826. The summed E-state index contributed by atoms with van der Waals surface area (Å²) in [7, 11) is 0. The fourth-order valence-corrected chi connectivity index (χ4v) is 1.69. The third-order valence-corrected chi connectivity index (χ3v) is 2.80. The van der Waals surface area contributed by atoms with Crippen molar-refractivity contribution in [1.82, 2.24) is 0 Å². The summed E-state index contributed by atoms with van der Waals surface area (Å²) in [6.45, 7) is 4.50. The maximum absolute atomic E-state index is 9.19. The van der Waals surface area contributed by atoms with Crippen molar-refractivity contribution >= 4 is 11.6 Å². The molecule has 0 saturated carbocycles. The first-order valence-electron chi connectivity index (χ1n) is 4.98. The summed E-state index contributed by atoms with van der Waals surface area (Å²) < 4.78 is 0. The van der Waals surface area contributed by atoms with Crippen LogP contribution >= 0.6 is 11.6 Å². The second kappa shape index (κ2) is 5.38. The second-order valence-corrected chi connectivity index (χ2v) is 4.46. The molecule has 0 spiro atoms. The SMILES string of the molecule is CC(C)C(CO)Cc1cccc(Cl)c1. The lowest BCUT2D eigenvalue weighted by atomic mass is 9.90. The predicted octanol–water partition coefficient (Wildman–Crippen LogP) is 3.15. The van der Waals surface area contributed by atoms with E-state index in [1.165, 1.54) is 5.56 Å². The molecule has 0 saturated heterocycles. The lowest BCUT2D eigenvalue weighted by Gasteiger charge is -2.18. The summed E-state index contributed by atoms with van der Waals surface area (Å²) in [5, 5.41) is 9.96. The summed E-state index contributed by atoms with van der Waals surface area (Å²) in [6, 6.07) is 7.84. The summed E-state index contributed by atoms with van der Waals surface area (Å²) >= 11 is 5.89. The molecule has 1 rings (SSSR count). The second-order valence-electron chi connectivity index (χ2n) is 4.02. The standard InChI is InChI=1S/C12H17ClO/c1-9(2)11(8-14)6-10-4-3-5-12(13)7-10/h3-5,7,9,11,14H,6,8H2,1-2H3. The van der Waals surface area contributed by atoms with E-state index in [4.69, 9.17) is 11.6 Å². The van der Waals surface area contributed by atoms with E-state index in [1.807, 2.05) is 18.2 Å². The van der Waals surface area contributed by atoms with E-state index in [1.54, 1.807) is 0 Å². The van der Waals surface area contributed by atoms with Crippen LogP contribution in [0.3, 0.4) is 0 Å². The van der Waals surface area contributed by atoms with E-state index in [0.29, 0.717) is 11.8 Å². The summed E-state index contributed by atoms with van der Waals surface area (Å²) in [6.07, 6.45) is 0.898. The fourth-order valence-electron chi connectivity index (χ4n) is 1.48. The zero-order chi connectivity index (χ0) is 10.6. The molecule has 0 bridgehead atoms. The molecule has 78 valence electrons. The van der Waals surface area contributed by atoms with Crippen molar-refractivity contribution in [3.05, 3.63) is 34.9 Å². The summed E-state index contributed by atoms with van der Waals surface area (Å²) in [5.41, 5.74) is 1.20. The molecule has 1 aromatic rings. The average molecular weight is 213 g/mol. The third-order valence-electron chi connectivity index (χ3n) is 2.56. The Morgan fingerprint density at radius 1 is 1.36 bits per heavy atom. The highest BCUT2D eigenvalue weighted by molar-refractivity contribution is 6.30. The van der Waals surface area contributed by atoms with Crippen molar-refractivity contribution in [1.29, 1.82) is 0 Å². The first-order valence-corrected chi connectivity index (χ1v) is 5.36. The molecule has 0 aliphatic heterocycles. The van der Waals surface area contributed by atoms with Crippen LogP contribution in [-0.2, 0) is 6.42 Å². The van der Waals surface area contributed by atoms with Crippen LogP contribution in [0.25, 0.3) is 0 Å². The largest absolute Gasteiger partial charge is 0.396 e. The zero-order valence-corrected chi connectivity index (χ0v) is 9.46. The molecule has 0 amide bonds. The van der Waals surface area contributed by atoms with E-state index in [0.717, 1.165) is 11.4 Å². The number of benzene rings is 1. The van der Waals surface area contributed by atoms with Crippen LogP contribution in [0.2, 0.25) is 5.02 Å². The third kappa shape index (κ3) is 3.32. The minimum atomic E-state index is 0.240. The minimum absolute atomic E-state index is 0.240. The van der Waals surface area contributed by atoms with Crippen LogP contribution in [-0.4, -0.2) is 11.7 Å². The van der Waals surface area contributed by atoms with E-state index in [-0.39, 0.29) is 6.61 Å². The lowest BCUT2D eigenvalue weighted by molar-refractivity contribution is 0.189. The molecule has 1 nitrogen and oxygen atoms in total. The van der Waals surface area contributed by atoms with Crippen LogP contribution < -0.4 is 0 Å². The number of aliphatic hydroxyl groups excluding tert-OH is 1. The number of hydrogen-bond donors (Lipinski definition) is 1. The van der Waals surface area contributed by atoms with Crippen molar-refractivity contribution in [2.45, 2.75) is 20.3 Å². The smallest absolute Gasteiger partial charge is 0.0464 e. The summed E-state index contributed by atoms with van der Waals surface area (Å²) in [4.78, 5) is 0. The van der Waals surface area contributed by atoms with Gasteiger partial charge in [0.15, 0.2) is 0 Å². The molecular formula is C12H17ClO. The molecule has 1 atom stereocenters. The van der Waals surface area contributed by atoms with E-state index in [2.05, 4.69) is 19.9 Å². The Balaban J connectivity index is 2.67. The van der Waals surface area contributed by atoms with Crippen LogP contribution in [0.1, 0.15) is 19.4 Å². The first-order chi connectivity index (χ1) is 6.63. The Hall–Kier alpha value is -0.530. The molecule has 1 unspecified atom stereocenters. The Labute approximate surface area is 90.7 Å². The van der Waals surface area contributed by atoms with Gasteiger partial charge < -0.3 is 5.11 Å². The molecule has 0 fully saturated rings. The lowest BCUT2D eigenvalue weighted by Crippen LogP contribution is -2.16. The molecule has 2 heteroatoms. The van der Waals surface area contributed by atoms with Crippen molar-refractivity contribution in [2.75, 3.05) is 6.61 Å². The van der Waals surface area contributed by atoms with Gasteiger partial charge in [0.2, 0.25) is 0 Å². The molecule has 1 aromatic carbocycles. The van der Waals surface area contributed by atoms with Gasteiger partial charge >= 0.3 is 0 Å². The van der Waals surface area contributed by atoms with E-state index in [9.17, 15) is 5.11 Å². The quantitative estimate of drug-likeness (QED) is 0.813. The molecule has 1 N–H and O–H groups in total. The van der Waals surface area contributed by atoms with Gasteiger partial charge in [-0.15, -0.1) is 0 Å². The van der Waals surface area contributed by atoms with Crippen molar-refractivity contribution in [2.24, 2.45) is 11.8 Å². The maximum Gasteiger partial charge on any atom is 0.0464 e. The van der Waals surface area contributed by atoms with Crippen molar-refractivity contribution in [3.8, 4) is 0 Å². The van der Waals surface area contributed by atoms with Gasteiger partial charge in [-0.25, -0.2) is 0 Å². The normalized spacial score (nSPS) is 13.2.